The molecule has 1 unspecified atom stereocenters. The van der Waals surface area contributed by atoms with Gasteiger partial charge in [0.05, 0.1) is 6.10 Å². The molecular weight excluding hydrogens is 252 g/mol. The fourth-order valence-electron chi connectivity index (χ4n) is 1.30. The Kier molecular flexibility index (Phi) is 3.63. The third-order valence-electron chi connectivity index (χ3n) is 2.18. The predicted octanol–water partition coefficient (Wildman–Crippen LogP) is 0.952. The molecule has 94 valence electrons. The quantitative estimate of drug-likeness (QED) is 0.713. The zero-order chi connectivity index (χ0) is 13.1. The molecule has 4 N–H and O–H groups in total. The van der Waals surface area contributed by atoms with Crippen LogP contribution >= 0.6 is 11.8 Å². The van der Waals surface area contributed by atoms with Gasteiger partial charge in [-0.15, -0.1) is 0 Å². The van der Waals surface area contributed by atoms with Crippen molar-refractivity contribution in [3.8, 4) is 0 Å². The molecule has 6 nitrogen and oxygen atoms in total. The van der Waals surface area contributed by atoms with E-state index in [0.717, 1.165) is 5.56 Å². The Morgan fingerprint density at radius 2 is 2.28 bits per heavy atom. The van der Waals surface area contributed by atoms with Gasteiger partial charge in [0.25, 0.3) is 5.56 Å². The van der Waals surface area contributed by atoms with Crippen molar-refractivity contribution >= 4 is 17.6 Å². The van der Waals surface area contributed by atoms with E-state index in [1.165, 1.54) is 17.8 Å². The molecule has 0 aliphatic rings. The van der Waals surface area contributed by atoms with Crippen molar-refractivity contribution in [2.75, 3.05) is 5.73 Å². The van der Waals surface area contributed by atoms with Crippen molar-refractivity contribution in [3.63, 3.8) is 0 Å². The summed E-state index contributed by atoms with van der Waals surface area (Å²) in [5.74, 6) is 0.168. The van der Waals surface area contributed by atoms with Gasteiger partial charge in [-0.1, -0.05) is 6.07 Å². The molecular formula is C11H12N4O2S. The average Bonchev–Trinajstić information content (AvgIpc) is 2.28. The average molecular weight is 264 g/mol. The van der Waals surface area contributed by atoms with E-state index in [1.54, 1.807) is 25.3 Å². The van der Waals surface area contributed by atoms with Crippen LogP contribution in [0.1, 0.15) is 18.6 Å². The zero-order valence-electron chi connectivity index (χ0n) is 9.62. The number of H-pyrrole nitrogens is 1. The van der Waals surface area contributed by atoms with Gasteiger partial charge in [-0.2, -0.15) is 0 Å². The van der Waals surface area contributed by atoms with Crippen LogP contribution in [0.15, 0.2) is 39.4 Å². The minimum Gasteiger partial charge on any atom is -0.389 e. The van der Waals surface area contributed by atoms with Crippen molar-refractivity contribution < 1.29 is 5.11 Å². The Morgan fingerprint density at radius 3 is 2.83 bits per heavy atom. The number of nitrogens with one attached hydrogen (secondary N) is 1. The number of rotatable bonds is 3. The largest absolute Gasteiger partial charge is 0.389 e. The summed E-state index contributed by atoms with van der Waals surface area (Å²) in [7, 11) is 0. The second-order valence-electron chi connectivity index (χ2n) is 3.68. The highest BCUT2D eigenvalue weighted by Gasteiger charge is 2.05. The van der Waals surface area contributed by atoms with Gasteiger partial charge in [-0.05, 0) is 30.3 Å². The van der Waals surface area contributed by atoms with E-state index in [4.69, 9.17) is 5.73 Å². The summed E-state index contributed by atoms with van der Waals surface area (Å²) >= 11 is 1.20. The van der Waals surface area contributed by atoms with Crippen molar-refractivity contribution in [2.24, 2.45) is 0 Å². The number of aromatic amines is 1. The summed E-state index contributed by atoms with van der Waals surface area (Å²) in [6.45, 7) is 1.67. The maximum absolute atomic E-state index is 11.2. The number of nitrogen functional groups attached to an aromatic ring is 1. The van der Waals surface area contributed by atoms with E-state index in [9.17, 15) is 9.90 Å². The Hall–Kier alpha value is -1.86. The molecule has 0 radical (unpaired) electrons. The first-order valence-electron chi connectivity index (χ1n) is 5.23. The molecule has 2 aromatic rings. The van der Waals surface area contributed by atoms with Crippen LogP contribution in [0.25, 0.3) is 0 Å². The summed E-state index contributed by atoms with van der Waals surface area (Å²) in [4.78, 5) is 21.9. The van der Waals surface area contributed by atoms with Gasteiger partial charge in [0, 0.05) is 12.3 Å². The molecule has 0 spiro atoms. The maximum atomic E-state index is 11.2. The Bertz CT molecular complexity index is 595. The van der Waals surface area contributed by atoms with Gasteiger partial charge in [-0.3, -0.25) is 4.79 Å². The number of nitrogens with zero attached hydrogens (tertiary/aromatic N) is 2. The first-order valence-corrected chi connectivity index (χ1v) is 6.05. The highest BCUT2D eigenvalue weighted by atomic mass is 32.2. The van der Waals surface area contributed by atoms with Crippen molar-refractivity contribution in [1.82, 2.24) is 15.0 Å². The Morgan fingerprint density at radius 1 is 1.50 bits per heavy atom. The third-order valence-corrected chi connectivity index (χ3v) is 3.02. The summed E-state index contributed by atoms with van der Waals surface area (Å²) in [5.41, 5.74) is 5.91. The molecule has 2 rings (SSSR count). The van der Waals surface area contributed by atoms with Gasteiger partial charge < -0.3 is 15.8 Å². The lowest BCUT2D eigenvalue weighted by Gasteiger charge is -2.05. The zero-order valence-corrected chi connectivity index (χ0v) is 10.4. The molecule has 0 bridgehead atoms. The predicted molar refractivity (Wildman–Crippen MR) is 68.3 cm³/mol. The van der Waals surface area contributed by atoms with Gasteiger partial charge in [0.15, 0.2) is 5.16 Å². The molecule has 7 heteroatoms. The fraction of sp³-hybridized carbons (Fsp3) is 0.182. The normalized spacial score (nSPS) is 12.3. The summed E-state index contributed by atoms with van der Waals surface area (Å²) < 4.78 is 0. The number of aromatic nitrogens is 3. The minimum atomic E-state index is -0.554. The van der Waals surface area contributed by atoms with E-state index in [-0.39, 0.29) is 11.4 Å². The summed E-state index contributed by atoms with van der Waals surface area (Å²) in [6.07, 6.45) is 1.03. The lowest BCUT2D eigenvalue weighted by atomic mass is 10.2. The summed E-state index contributed by atoms with van der Waals surface area (Å²) in [5, 5.41) is 10.4. The minimum absolute atomic E-state index is 0.168. The van der Waals surface area contributed by atoms with E-state index in [0.29, 0.717) is 10.2 Å². The Labute approximate surface area is 107 Å². The first kappa shape index (κ1) is 12.6. The van der Waals surface area contributed by atoms with Gasteiger partial charge in [0.2, 0.25) is 0 Å². The smallest absolute Gasteiger partial charge is 0.253 e. The van der Waals surface area contributed by atoms with Gasteiger partial charge >= 0.3 is 0 Å². The van der Waals surface area contributed by atoms with Gasteiger partial charge in [-0.25, -0.2) is 9.97 Å². The van der Waals surface area contributed by atoms with E-state index in [1.807, 2.05) is 0 Å². The topological polar surface area (TPSA) is 105 Å². The number of hydrogen-bond acceptors (Lipinski definition) is 6. The number of hydrogen-bond donors (Lipinski definition) is 3. The van der Waals surface area contributed by atoms with E-state index < -0.39 is 6.10 Å². The lowest BCUT2D eigenvalue weighted by molar-refractivity contribution is 0.198. The first-order chi connectivity index (χ1) is 8.54. The van der Waals surface area contributed by atoms with Crippen LogP contribution in [0.3, 0.4) is 0 Å². The highest BCUT2D eigenvalue weighted by Crippen LogP contribution is 2.23. The molecule has 0 saturated heterocycles. The lowest BCUT2D eigenvalue weighted by Crippen LogP contribution is -2.09. The van der Waals surface area contributed by atoms with Crippen LogP contribution in [-0.2, 0) is 0 Å². The van der Waals surface area contributed by atoms with Crippen LogP contribution in [0.4, 0.5) is 5.82 Å². The highest BCUT2D eigenvalue weighted by molar-refractivity contribution is 7.99. The Balaban J connectivity index is 2.20. The monoisotopic (exact) mass is 264 g/mol. The van der Waals surface area contributed by atoms with Crippen LogP contribution < -0.4 is 11.3 Å². The number of nitrogens with two attached hydrogens (primary N) is 1. The molecule has 2 aromatic heterocycles. The third kappa shape index (κ3) is 3.08. The molecule has 0 aromatic carbocycles. The number of anilines is 1. The van der Waals surface area contributed by atoms with Crippen molar-refractivity contribution in [3.05, 3.63) is 40.3 Å². The van der Waals surface area contributed by atoms with E-state index >= 15 is 0 Å². The van der Waals surface area contributed by atoms with Gasteiger partial charge in [0.1, 0.15) is 10.8 Å². The number of aliphatic hydroxyl groups excluding tert-OH is 1. The number of pyridine rings is 1. The molecule has 0 amide bonds. The second-order valence-corrected chi connectivity index (χ2v) is 4.69. The van der Waals surface area contributed by atoms with Crippen LogP contribution in [-0.4, -0.2) is 20.1 Å². The van der Waals surface area contributed by atoms with Crippen LogP contribution in [0.5, 0.6) is 0 Å². The van der Waals surface area contributed by atoms with Crippen LogP contribution in [0, 0.1) is 0 Å². The molecule has 18 heavy (non-hydrogen) atoms. The number of aliphatic hydroxyl groups is 1. The molecule has 1 atom stereocenters. The van der Waals surface area contributed by atoms with Crippen LogP contribution in [0.2, 0.25) is 0 Å². The molecule has 0 aliphatic heterocycles. The van der Waals surface area contributed by atoms with E-state index in [2.05, 4.69) is 15.0 Å². The molecule has 0 aliphatic carbocycles. The molecule has 0 saturated carbocycles. The summed E-state index contributed by atoms with van der Waals surface area (Å²) in [6, 6.07) is 4.73. The molecule has 2 heterocycles. The van der Waals surface area contributed by atoms with Crippen molar-refractivity contribution in [1.29, 1.82) is 0 Å². The maximum Gasteiger partial charge on any atom is 0.253 e. The van der Waals surface area contributed by atoms with Crippen molar-refractivity contribution in [2.45, 2.75) is 23.2 Å². The standard InChI is InChI=1S/C11H12N4O2S/c1-6(16)7-2-3-10(13-5-7)18-11-14-8(12)4-9(17)15-11/h2-6,16H,1H3,(H3,12,14,15,17). The fourth-order valence-corrected chi connectivity index (χ4v) is 2.04. The molecule has 0 fully saturated rings. The SMILES string of the molecule is CC(O)c1ccc(Sc2nc(N)cc(=O)[nH]2)nc1. The second kappa shape index (κ2) is 5.19.